The van der Waals surface area contributed by atoms with Crippen LogP contribution in [0.5, 0.6) is 0 Å². The molecule has 0 aliphatic carbocycles. The van der Waals surface area contributed by atoms with E-state index in [2.05, 4.69) is 5.32 Å². The van der Waals surface area contributed by atoms with Crippen LogP contribution in [0.25, 0.3) is 0 Å². The molecule has 1 amide bonds. The van der Waals surface area contributed by atoms with Crippen molar-refractivity contribution >= 4 is 15.9 Å². The van der Waals surface area contributed by atoms with E-state index in [0.717, 1.165) is 5.56 Å². The Bertz CT molecular complexity index is 856. The summed E-state index contributed by atoms with van der Waals surface area (Å²) < 4.78 is 27.4. The molecule has 0 saturated heterocycles. The number of nitrogens with zero attached hydrogens (tertiary/aromatic N) is 1. The molecule has 0 saturated carbocycles. The Morgan fingerprint density at radius 3 is 2.27 bits per heavy atom. The molecular weight excluding hydrogens is 348 g/mol. The highest BCUT2D eigenvalue weighted by Crippen LogP contribution is 2.20. The molecule has 0 unspecified atom stereocenters. The van der Waals surface area contributed by atoms with Gasteiger partial charge in [0.15, 0.2) is 0 Å². The maximum Gasteiger partial charge on any atom is 0.251 e. The number of hydrogen-bond donors (Lipinski definition) is 1. The van der Waals surface area contributed by atoms with Gasteiger partial charge < -0.3 is 5.32 Å². The van der Waals surface area contributed by atoms with E-state index in [4.69, 9.17) is 0 Å². The zero-order chi connectivity index (χ0) is 19.4. The Morgan fingerprint density at radius 1 is 1.04 bits per heavy atom. The normalized spacial score (nSPS) is 12.2. The molecule has 0 aromatic heterocycles. The fraction of sp³-hybridized carbons (Fsp3) is 0.350. The maximum atomic E-state index is 13.0. The summed E-state index contributed by atoms with van der Waals surface area (Å²) in [5.74, 6) is -0.291. The summed E-state index contributed by atoms with van der Waals surface area (Å²) in [5, 5.41) is 2.85. The summed E-state index contributed by atoms with van der Waals surface area (Å²) in [6.45, 7) is 8.07. The fourth-order valence-corrected chi connectivity index (χ4v) is 4.00. The minimum absolute atomic E-state index is 0.122. The Kier molecular flexibility index (Phi) is 6.21. The minimum atomic E-state index is -3.70. The van der Waals surface area contributed by atoms with Gasteiger partial charge in [-0.05, 0) is 44.5 Å². The highest BCUT2D eigenvalue weighted by Gasteiger charge is 2.24. The van der Waals surface area contributed by atoms with E-state index < -0.39 is 15.6 Å². The molecule has 2 rings (SSSR count). The molecule has 0 aliphatic heterocycles. The SMILES string of the molecule is CCN(Cc1ccccc1)S(=O)(=O)c1cccc(C(=O)NC(C)(C)C)c1. The summed E-state index contributed by atoms with van der Waals surface area (Å²) in [6, 6.07) is 15.6. The quantitative estimate of drug-likeness (QED) is 0.842. The second kappa shape index (κ2) is 8.01. The molecule has 1 N–H and O–H groups in total. The van der Waals surface area contributed by atoms with Gasteiger partial charge in [-0.15, -0.1) is 0 Å². The molecule has 0 atom stereocenters. The van der Waals surface area contributed by atoms with Gasteiger partial charge >= 0.3 is 0 Å². The minimum Gasteiger partial charge on any atom is -0.347 e. The van der Waals surface area contributed by atoms with Crippen LogP contribution < -0.4 is 5.32 Å². The molecular formula is C20H26N2O3S. The molecule has 0 aliphatic rings. The van der Waals surface area contributed by atoms with Gasteiger partial charge in [-0.25, -0.2) is 8.42 Å². The lowest BCUT2D eigenvalue weighted by atomic mass is 10.1. The second-order valence-corrected chi connectivity index (χ2v) is 9.09. The Hall–Kier alpha value is -2.18. The number of benzene rings is 2. The number of hydrogen-bond acceptors (Lipinski definition) is 3. The molecule has 0 radical (unpaired) electrons. The number of rotatable bonds is 6. The predicted molar refractivity (Wildman–Crippen MR) is 103 cm³/mol. The van der Waals surface area contributed by atoms with Crippen molar-refractivity contribution in [2.75, 3.05) is 6.54 Å². The topological polar surface area (TPSA) is 66.5 Å². The van der Waals surface area contributed by atoms with E-state index in [1.54, 1.807) is 19.1 Å². The zero-order valence-corrected chi connectivity index (χ0v) is 16.5. The standard InChI is InChI=1S/C20H26N2O3S/c1-5-22(15-16-10-7-6-8-11-16)26(24,25)18-13-9-12-17(14-18)19(23)21-20(2,3)4/h6-14H,5,15H2,1-4H3,(H,21,23). The third-order valence-electron chi connectivity index (χ3n) is 3.78. The molecule has 5 nitrogen and oxygen atoms in total. The molecule has 26 heavy (non-hydrogen) atoms. The van der Waals surface area contributed by atoms with Gasteiger partial charge in [-0.1, -0.05) is 43.3 Å². The van der Waals surface area contributed by atoms with Crippen LogP contribution in [0.4, 0.5) is 0 Å². The molecule has 0 heterocycles. The lowest BCUT2D eigenvalue weighted by molar-refractivity contribution is 0.0919. The zero-order valence-electron chi connectivity index (χ0n) is 15.7. The highest BCUT2D eigenvalue weighted by atomic mass is 32.2. The Morgan fingerprint density at radius 2 is 1.69 bits per heavy atom. The van der Waals surface area contributed by atoms with Crippen molar-refractivity contribution in [1.29, 1.82) is 0 Å². The van der Waals surface area contributed by atoms with Gasteiger partial charge in [0, 0.05) is 24.2 Å². The van der Waals surface area contributed by atoms with E-state index in [9.17, 15) is 13.2 Å². The average Bonchev–Trinajstić information content (AvgIpc) is 2.59. The van der Waals surface area contributed by atoms with Crippen LogP contribution in [-0.4, -0.2) is 30.7 Å². The lowest BCUT2D eigenvalue weighted by Gasteiger charge is -2.22. The van der Waals surface area contributed by atoms with Crippen molar-refractivity contribution in [3.8, 4) is 0 Å². The summed E-state index contributed by atoms with van der Waals surface area (Å²) >= 11 is 0. The van der Waals surface area contributed by atoms with Crippen molar-refractivity contribution in [2.24, 2.45) is 0 Å². The monoisotopic (exact) mass is 374 g/mol. The van der Waals surface area contributed by atoms with Crippen molar-refractivity contribution in [1.82, 2.24) is 9.62 Å². The summed E-state index contributed by atoms with van der Waals surface area (Å²) in [5.41, 5.74) is 0.852. The van der Waals surface area contributed by atoms with Gasteiger partial charge in [-0.3, -0.25) is 4.79 Å². The smallest absolute Gasteiger partial charge is 0.251 e. The van der Waals surface area contributed by atoms with E-state index in [-0.39, 0.29) is 17.3 Å². The first-order chi connectivity index (χ1) is 12.1. The van der Waals surface area contributed by atoms with Crippen LogP contribution >= 0.6 is 0 Å². The van der Waals surface area contributed by atoms with Crippen LogP contribution in [-0.2, 0) is 16.6 Å². The van der Waals surface area contributed by atoms with Crippen molar-refractivity contribution < 1.29 is 13.2 Å². The summed E-state index contributed by atoms with van der Waals surface area (Å²) in [6.07, 6.45) is 0. The lowest BCUT2D eigenvalue weighted by Crippen LogP contribution is -2.40. The molecule has 0 fully saturated rings. The molecule has 0 spiro atoms. The highest BCUT2D eigenvalue weighted by molar-refractivity contribution is 7.89. The summed E-state index contributed by atoms with van der Waals surface area (Å²) in [4.78, 5) is 12.5. The van der Waals surface area contributed by atoms with Gasteiger partial charge in [0.25, 0.3) is 5.91 Å². The van der Waals surface area contributed by atoms with Crippen LogP contribution in [0.1, 0.15) is 43.6 Å². The van der Waals surface area contributed by atoms with Gasteiger partial charge in [0.05, 0.1) is 4.90 Å². The summed E-state index contributed by atoms with van der Waals surface area (Å²) in [7, 11) is -3.70. The predicted octanol–water partition coefficient (Wildman–Crippen LogP) is 3.43. The van der Waals surface area contributed by atoms with E-state index in [1.807, 2.05) is 51.1 Å². The van der Waals surface area contributed by atoms with E-state index in [0.29, 0.717) is 12.1 Å². The van der Waals surface area contributed by atoms with Gasteiger partial charge in [-0.2, -0.15) is 4.31 Å². The second-order valence-electron chi connectivity index (χ2n) is 7.15. The third-order valence-corrected chi connectivity index (χ3v) is 5.69. The maximum absolute atomic E-state index is 13.0. The van der Waals surface area contributed by atoms with Crippen LogP contribution in [0.15, 0.2) is 59.5 Å². The fourth-order valence-electron chi connectivity index (χ4n) is 2.51. The van der Waals surface area contributed by atoms with E-state index in [1.165, 1.54) is 16.4 Å². The molecule has 6 heteroatoms. The third kappa shape index (κ3) is 5.16. The first-order valence-electron chi connectivity index (χ1n) is 8.60. The van der Waals surface area contributed by atoms with Crippen LogP contribution in [0.2, 0.25) is 0 Å². The Balaban J connectivity index is 2.30. The van der Waals surface area contributed by atoms with Gasteiger partial charge in [0.1, 0.15) is 0 Å². The van der Waals surface area contributed by atoms with Crippen LogP contribution in [0.3, 0.4) is 0 Å². The largest absolute Gasteiger partial charge is 0.347 e. The van der Waals surface area contributed by atoms with E-state index >= 15 is 0 Å². The number of carbonyl (C=O) groups excluding carboxylic acids is 1. The molecule has 2 aromatic carbocycles. The molecule has 2 aromatic rings. The number of nitrogens with one attached hydrogen (secondary N) is 1. The van der Waals surface area contributed by atoms with Gasteiger partial charge in [0.2, 0.25) is 10.0 Å². The number of sulfonamides is 1. The first-order valence-corrected chi connectivity index (χ1v) is 10.0. The molecule has 0 bridgehead atoms. The number of amides is 1. The van der Waals surface area contributed by atoms with Crippen molar-refractivity contribution in [3.05, 3.63) is 65.7 Å². The number of carbonyl (C=O) groups is 1. The van der Waals surface area contributed by atoms with Crippen molar-refractivity contribution in [3.63, 3.8) is 0 Å². The Labute approximate surface area is 156 Å². The first kappa shape index (κ1) is 20.1. The molecule has 140 valence electrons. The van der Waals surface area contributed by atoms with Crippen LogP contribution in [0, 0.1) is 0 Å². The average molecular weight is 375 g/mol. The van der Waals surface area contributed by atoms with Crippen molar-refractivity contribution in [2.45, 2.75) is 44.7 Å².